The van der Waals surface area contributed by atoms with Crippen LogP contribution in [0.3, 0.4) is 0 Å². The lowest BCUT2D eigenvalue weighted by molar-refractivity contribution is -0.161. The number of ether oxygens (including phenoxy) is 4. The molecular formula is C69H134O17P2. The monoisotopic (exact) mass is 1300 g/mol. The second kappa shape index (κ2) is 60.0. The molecule has 0 spiro atoms. The lowest BCUT2D eigenvalue weighted by Crippen LogP contribution is -2.30. The molecule has 0 fully saturated rings. The first-order valence-corrected chi connectivity index (χ1v) is 38.9. The third-order valence-corrected chi connectivity index (χ3v) is 18.5. The standard InChI is InChI=1S/C69H134O17P2/c1-8-11-12-13-14-15-16-17-18-19-20-21-22-29-38-45-52-68(73)85-64(56-79-66(71)50-43-36-28-24-23-27-34-41-48-61(6)9-2)58-83-87(75,76)81-54-63(70)55-82-88(77,78)84-59-65(86-69(74)53-46-39-30-25-26-33-40-47-60(4)5)57-80-67(72)51-44-37-32-31-35-42-49-62(7)10-3/h60-65,70H,8-59H2,1-7H3,(H,75,76)(H,77,78)/t61?,62?,63-,64-,65-/m1/s1. The van der Waals surface area contributed by atoms with Gasteiger partial charge in [-0.25, -0.2) is 9.13 Å². The van der Waals surface area contributed by atoms with Crippen LogP contribution in [0, 0.1) is 17.8 Å². The number of aliphatic hydroxyl groups excluding tert-OH is 1. The number of phosphoric ester groups is 2. The molecule has 17 nitrogen and oxygen atoms in total. The Morgan fingerprint density at radius 3 is 0.864 bits per heavy atom. The first-order chi connectivity index (χ1) is 42.3. The molecule has 0 aromatic carbocycles. The van der Waals surface area contributed by atoms with Crippen molar-refractivity contribution >= 4 is 39.5 Å². The molecule has 88 heavy (non-hydrogen) atoms. The SMILES string of the molecule is CCCCCCCCCCCCCCCCCCC(=O)O[C@H](COC(=O)CCCCCCCCCCC(C)CC)COP(=O)(O)OC[C@@H](O)COP(=O)(O)OC[C@@H](COC(=O)CCCCCCCCC(C)CC)OC(=O)CCCCCCCCCC(C)C. The maximum absolute atomic E-state index is 13.0. The highest BCUT2D eigenvalue weighted by Gasteiger charge is 2.30. The lowest BCUT2D eigenvalue weighted by atomic mass is 9.99. The van der Waals surface area contributed by atoms with E-state index in [1.165, 1.54) is 148 Å². The molecule has 19 heteroatoms. The number of carbonyl (C=O) groups is 4. The van der Waals surface area contributed by atoms with E-state index in [-0.39, 0.29) is 25.7 Å². The van der Waals surface area contributed by atoms with E-state index in [2.05, 4.69) is 48.5 Å². The summed E-state index contributed by atoms with van der Waals surface area (Å²) in [6, 6.07) is 0. The van der Waals surface area contributed by atoms with Crippen molar-refractivity contribution in [1.29, 1.82) is 0 Å². The average molecular weight is 1300 g/mol. The van der Waals surface area contributed by atoms with Gasteiger partial charge in [0.25, 0.3) is 0 Å². The summed E-state index contributed by atoms with van der Waals surface area (Å²) in [5.74, 6) is 0.0733. The highest BCUT2D eigenvalue weighted by Crippen LogP contribution is 2.45. The van der Waals surface area contributed by atoms with Gasteiger partial charge in [0.05, 0.1) is 26.4 Å². The van der Waals surface area contributed by atoms with Crippen LogP contribution < -0.4 is 0 Å². The molecule has 0 aliphatic heterocycles. The van der Waals surface area contributed by atoms with Gasteiger partial charge < -0.3 is 33.8 Å². The minimum absolute atomic E-state index is 0.102. The zero-order chi connectivity index (χ0) is 65.2. The van der Waals surface area contributed by atoms with Crippen molar-refractivity contribution in [1.82, 2.24) is 0 Å². The predicted molar refractivity (Wildman–Crippen MR) is 354 cm³/mol. The van der Waals surface area contributed by atoms with E-state index in [4.69, 9.17) is 37.0 Å². The van der Waals surface area contributed by atoms with Gasteiger partial charge in [0.2, 0.25) is 0 Å². The number of aliphatic hydroxyl groups is 1. The summed E-state index contributed by atoms with van der Waals surface area (Å²) in [5, 5.41) is 10.6. The fraction of sp³-hybridized carbons (Fsp3) is 0.942. The van der Waals surface area contributed by atoms with Crippen molar-refractivity contribution in [2.24, 2.45) is 17.8 Å². The molecule has 0 aliphatic rings. The average Bonchev–Trinajstić information content (AvgIpc) is 3.69. The Labute approximate surface area is 537 Å². The van der Waals surface area contributed by atoms with E-state index in [9.17, 15) is 43.2 Å². The normalized spacial score (nSPS) is 14.9. The van der Waals surface area contributed by atoms with Crippen molar-refractivity contribution in [3.05, 3.63) is 0 Å². The van der Waals surface area contributed by atoms with Crippen molar-refractivity contribution in [2.45, 2.75) is 362 Å². The van der Waals surface area contributed by atoms with Crippen LogP contribution in [0.2, 0.25) is 0 Å². The van der Waals surface area contributed by atoms with E-state index < -0.39 is 97.5 Å². The van der Waals surface area contributed by atoms with E-state index in [1.54, 1.807) is 0 Å². The highest BCUT2D eigenvalue weighted by atomic mass is 31.2. The number of rotatable bonds is 67. The minimum Gasteiger partial charge on any atom is -0.462 e. The van der Waals surface area contributed by atoms with Crippen LogP contribution >= 0.6 is 15.6 Å². The van der Waals surface area contributed by atoms with Gasteiger partial charge in [0, 0.05) is 25.7 Å². The number of phosphoric acid groups is 2. The first kappa shape index (κ1) is 86.1. The number of esters is 4. The third-order valence-electron chi connectivity index (χ3n) is 16.6. The number of hydrogen-bond acceptors (Lipinski definition) is 15. The molecule has 0 heterocycles. The molecule has 0 amide bonds. The number of hydrogen-bond donors (Lipinski definition) is 3. The van der Waals surface area contributed by atoms with E-state index in [0.29, 0.717) is 31.6 Å². The maximum Gasteiger partial charge on any atom is 0.472 e. The number of carbonyl (C=O) groups excluding carboxylic acids is 4. The smallest absolute Gasteiger partial charge is 0.462 e. The van der Waals surface area contributed by atoms with Gasteiger partial charge in [-0.2, -0.15) is 0 Å². The van der Waals surface area contributed by atoms with E-state index >= 15 is 0 Å². The Hall–Kier alpha value is -1.94. The van der Waals surface area contributed by atoms with Gasteiger partial charge in [-0.1, -0.05) is 292 Å². The van der Waals surface area contributed by atoms with Crippen molar-refractivity contribution < 1.29 is 80.2 Å². The van der Waals surface area contributed by atoms with Crippen LogP contribution in [-0.4, -0.2) is 96.7 Å². The molecule has 3 N–H and O–H groups in total. The largest absolute Gasteiger partial charge is 0.472 e. The Balaban J connectivity index is 5.25. The van der Waals surface area contributed by atoms with Crippen LogP contribution in [0.25, 0.3) is 0 Å². The lowest BCUT2D eigenvalue weighted by Gasteiger charge is -2.21. The molecule has 0 rings (SSSR count). The van der Waals surface area contributed by atoms with Crippen LogP contribution in [0.5, 0.6) is 0 Å². The summed E-state index contributed by atoms with van der Waals surface area (Å²) < 4.78 is 68.2. The number of unbranched alkanes of at least 4 members (excludes halogenated alkanes) is 33. The summed E-state index contributed by atoms with van der Waals surface area (Å²) in [7, 11) is -9.90. The van der Waals surface area contributed by atoms with Gasteiger partial charge in [-0.3, -0.25) is 37.3 Å². The van der Waals surface area contributed by atoms with Gasteiger partial charge in [0.1, 0.15) is 19.3 Å². The van der Waals surface area contributed by atoms with Gasteiger partial charge in [-0.05, 0) is 43.4 Å². The molecule has 522 valence electrons. The maximum atomic E-state index is 13.0. The van der Waals surface area contributed by atoms with Crippen molar-refractivity contribution in [3.63, 3.8) is 0 Å². The summed E-state index contributed by atoms with van der Waals surface area (Å²) in [4.78, 5) is 72.5. The summed E-state index contributed by atoms with van der Waals surface area (Å²) >= 11 is 0. The fourth-order valence-electron chi connectivity index (χ4n) is 10.3. The quantitative estimate of drug-likeness (QED) is 0.0222. The Bertz CT molecular complexity index is 1740. The van der Waals surface area contributed by atoms with E-state index in [0.717, 1.165) is 108 Å². The zero-order valence-electron chi connectivity index (χ0n) is 57.2. The zero-order valence-corrected chi connectivity index (χ0v) is 59.0. The second-order valence-electron chi connectivity index (χ2n) is 25.9. The predicted octanol–water partition coefficient (Wildman–Crippen LogP) is 19.5. The van der Waals surface area contributed by atoms with Gasteiger partial charge in [0.15, 0.2) is 12.2 Å². The molecular weight excluding hydrogens is 1160 g/mol. The summed E-state index contributed by atoms with van der Waals surface area (Å²) in [5.41, 5.74) is 0. The molecule has 0 bridgehead atoms. The topological polar surface area (TPSA) is 237 Å². The fourth-order valence-corrected chi connectivity index (χ4v) is 11.9. The Morgan fingerprint density at radius 2 is 0.580 bits per heavy atom. The van der Waals surface area contributed by atoms with Crippen LogP contribution in [0.4, 0.5) is 0 Å². The van der Waals surface area contributed by atoms with Gasteiger partial charge >= 0.3 is 39.5 Å². The molecule has 0 aromatic heterocycles. The molecule has 0 saturated carbocycles. The molecule has 0 radical (unpaired) electrons. The van der Waals surface area contributed by atoms with Crippen molar-refractivity contribution in [3.8, 4) is 0 Å². The first-order valence-electron chi connectivity index (χ1n) is 35.9. The molecule has 4 unspecified atom stereocenters. The molecule has 0 aromatic rings. The molecule has 0 saturated heterocycles. The Morgan fingerprint density at radius 1 is 0.330 bits per heavy atom. The van der Waals surface area contributed by atoms with Crippen molar-refractivity contribution in [2.75, 3.05) is 39.6 Å². The van der Waals surface area contributed by atoms with Crippen LogP contribution in [0.1, 0.15) is 344 Å². The van der Waals surface area contributed by atoms with E-state index in [1.807, 2.05) is 0 Å². The van der Waals surface area contributed by atoms with Crippen LogP contribution in [0.15, 0.2) is 0 Å². The second-order valence-corrected chi connectivity index (χ2v) is 28.8. The molecule has 7 atom stereocenters. The third kappa shape index (κ3) is 60.3. The molecule has 0 aliphatic carbocycles. The minimum atomic E-state index is -4.95. The van der Waals surface area contributed by atoms with Gasteiger partial charge in [-0.15, -0.1) is 0 Å². The van der Waals surface area contributed by atoms with Crippen LogP contribution in [-0.2, 0) is 65.4 Å². The highest BCUT2D eigenvalue weighted by molar-refractivity contribution is 7.47. The summed E-state index contributed by atoms with van der Waals surface area (Å²) in [6.45, 7) is 11.7. The summed E-state index contributed by atoms with van der Waals surface area (Å²) in [6.07, 6.45) is 43.1. The Kier molecular flexibility index (Phi) is 58.7.